The summed E-state index contributed by atoms with van der Waals surface area (Å²) in [6.45, 7) is 3.78. The number of anilines is 2. The fourth-order valence-corrected chi connectivity index (χ4v) is 2.16. The van der Waals surface area contributed by atoms with Crippen molar-refractivity contribution in [1.82, 2.24) is 0 Å². The highest BCUT2D eigenvalue weighted by Crippen LogP contribution is 2.31. The van der Waals surface area contributed by atoms with Gasteiger partial charge in [0.25, 0.3) is 5.91 Å². The number of benzene rings is 2. The van der Waals surface area contributed by atoms with Gasteiger partial charge < -0.3 is 15.8 Å². The normalized spacial score (nSPS) is 10.3. The Balaban J connectivity index is 2.33. The molecule has 2 rings (SSSR count). The van der Waals surface area contributed by atoms with E-state index >= 15 is 0 Å². The molecule has 2 aromatic carbocycles. The lowest BCUT2D eigenvalue weighted by Crippen LogP contribution is -2.15. The van der Waals surface area contributed by atoms with Crippen molar-refractivity contribution in [2.24, 2.45) is 0 Å². The summed E-state index contributed by atoms with van der Waals surface area (Å²) < 4.78 is 5.24. The molecule has 110 valence electrons. The number of nitrogen functional groups attached to an aromatic ring is 1. The monoisotopic (exact) mass is 304 g/mol. The molecule has 0 bridgehead atoms. The molecule has 0 aliphatic carbocycles. The highest BCUT2D eigenvalue weighted by molar-refractivity contribution is 6.31. The average molecular weight is 305 g/mol. The lowest BCUT2D eigenvalue weighted by molar-refractivity contribution is 0.102. The Labute approximate surface area is 128 Å². The number of aryl methyl sites for hydroxylation is 2. The van der Waals surface area contributed by atoms with Crippen molar-refractivity contribution in [3.05, 3.63) is 52.0 Å². The summed E-state index contributed by atoms with van der Waals surface area (Å²) >= 11 is 6.05. The van der Waals surface area contributed by atoms with Crippen molar-refractivity contribution in [1.29, 1.82) is 0 Å². The summed E-state index contributed by atoms with van der Waals surface area (Å²) in [4.78, 5) is 12.3. The summed E-state index contributed by atoms with van der Waals surface area (Å²) in [7, 11) is 1.52. The van der Waals surface area contributed by atoms with E-state index in [1.807, 2.05) is 19.9 Å². The molecule has 4 nitrogen and oxygen atoms in total. The first-order valence-electron chi connectivity index (χ1n) is 6.44. The van der Waals surface area contributed by atoms with Gasteiger partial charge in [0.15, 0.2) is 0 Å². The van der Waals surface area contributed by atoms with Crippen LogP contribution in [0.25, 0.3) is 0 Å². The molecule has 0 radical (unpaired) electrons. The maximum Gasteiger partial charge on any atom is 0.257 e. The highest BCUT2D eigenvalue weighted by atomic mass is 35.5. The molecule has 0 atom stereocenters. The van der Waals surface area contributed by atoms with Crippen LogP contribution in [0.2, 0.25) is 5.02 Å². The molecule has 0 unspecified atom stereocenters. The van der Waals surface area contributed by atoms with Crippen molar-refractivity contribution >= 4 is 28.9 Å². The Bertz CT molecular complexity index is 699. The fourth-order valence-electron chi connectivity index (χ4n) is 2.01. The van der Waals surface area contributed by atoms with Gasteiger partial charge in [0.05, 0.1) is 18.4 Å². The highest BCUT2D eigenvalue weighted by Gasteiger charge is 2.14. The third kappa shape index (κ3) is 3.28. The largest absolute Gasteiger partial charge is 0.495 e. The Kier molecular flexibility index (Phi) is 4.38. The molecule has 21 heavy (non-hydrogen) atoms. The van der Waals surface area contributed by atoms with Crippen molar-refractivity contribution in [2.75, 3.05) is 18.2 Å². The predicted molar refractivity (Wildman–Crippen MR) is 86.3 cm³/mol. The number of carbonyl (C=O) groups is 1. The Morgan fingerprint density at radius 3 is 2.57 bits per heavy atom. The second kappa shape index (κ2) is 6.06. The zero-order valence-electron chi connectivity index (χ0n) is 12.2. The number of hydrogen-bond acceptors (Lipinski definition) is 3. The van der Waals surface area contributed by atoms with E-state index in [2.05, 4.69) is 5.32 Å². The van der Waals surface area contributed by atoms with Crippen LogP contribution in [0.4, 0.5) is 11.4 Å². The number of amides is 1. The van der Waals surface area contributed by atoms with Crippen LogP contribution in [-0.4, -0.2) is 13.0 Å². The van der Waals surface area contributed by atoms with Crippen molar-refractivity contribution in [3.8, 4) is 5.75 Å². The lowest BCUT2D eigenvalue weighted by Gasteiger charge is -2.13. The Hall–Kier alpha value is -2.20. The molecule has 0 aliphatic rings. The second-order valence-electron chi connectivity index (χ2n) is 4.85. The molecule has 3 N–H and O–H groups in total. The van der Waals surface area contributed by atoms with Gasteiger partial charge in [-0.25, -0.2) is 0 Å². The number of carbonyl (C=O) groups excluding carboxylic acids is 1. The molecule has 0 aromatic heterocycles. The van der Waals surface area contributed by atoms with E-state index in [1.165, 1.54) is 7.11 Å². The van der Waals surface area contributed by atoms with Crippen LogP contribution in [0.1, 0.15) is 21.5 Å². The molecule has 0 aliphatic heterocycles. The Morgan fingerprint density at radius 1 is 1.24 bits per heavy atom. The number of methoxy groups -OCH3 is 1. The van der Waals surface area contributed by atoms with Gasteiger partial charge >= 0.3 is 0 Å². The number of nitrogens with two attached hydrogens (primary N) is 1. The second-order valence-corrected chi connectivity index (χ2v) is 5.25. The van der Waals surface area contributed by atoms with Gasteiger partial charge in [0, 0.05) is 16.8 Å². The molecule has 0 spiro atoms. The standard InChI is InChI=1S/C16H17ClN2O2/c1-9-4-5-11(13(18)6-9)16(20)19-14-7-10(2)12(17)8-15(14)21-3/h4-8H,18H2,1-3H3,(H,19,20). The molecular weight excluding hydrogens is 288 g/mol. The van der Waals surface area contributed by atoms with Crippen LogP contribution in [0.3, 0.4) is 0 Å². The van der Waals surface area contributed by atoms with Crippen LogP contribution in [0.15, 0.2) is 30.3 Å². The van der Waals surface area contributed by atoms with Crippen LogP contribution in [0.5, 0.6) is 5.75 Å². The van der Waals surface area contributed by atoms with Crippen LogP contribution in [-0.2, 0) is 0 Å². The van der Waals surface area contributed by atoms with E-state index in [1.54, 1.807) is 24.3 Å². The maximum atomic E-state index is 12.3. The molecule has 2 aromatic rings. The zero-order valence-corrected chi connectivity index (χ0v) is 12.9. The van der Waals surface area contributed by atoms with Gasteiger partial charge in [-0.15, -0.1) is 0 Å². The predicted octanol–water partition coefficient (Wildman–Crippen LogP) is 3.80. The van der Waals surface area contributed by atoms with E-state index in [4.69, 9.17) is 22.1 Å². The number of ether oxygens (including phenoxy) is 1. The molecule has 0 saturated heterocycles. The first-order chi connectivity index (χ1) is 9.92. The van der Waals surface area contributed by atoms with E-state index in [0.717, 1.165) is 11.1 Å². The number of hydrogen-bond donors (Lipinski definition) is 2. The van der Waals surface area contributed by atoms with E-state index < -0.39 is 0 Å². The quantitative estimate of drug-likeness (QED) is 0.848. The van der Waals surface area contributed by atoms with Crippen molar-refractivity contribution < 1.29 is 9.53 Å². The summed E-state index contributed by atoms with van der Waals surface area (Å²) in [5, 5.41) is 3.39. The van der Waals surface area contributed by atoms with E-state index in [-0.39, 0.29) is 5.91 Å². The van der Waals surface area contributed by atoms with Crippen molar-refractivity contribution in [3.63, 3.8) is 0 Å². The van der Waals surface area contributed by atoms with Gasteiger partial charge in [0.1, 0.15) is 5.75 Å². The summed E-state index contributed by atoms with van der Waals surface area (Å²) in [6, 6.07) is 8.75. The minimum Gasteiger partial charge on any atom is -0.495 e. The lowest BCUT2D eigenvalue weighted by atomic mass is 10.1. The van der Waals surface area contributed by atoms with Crippen LogP contribution in [0, 0.1) is 13.8 Å². The van der Waals surface area contributed by atoms with E-state index in [0.29, 0.717) is 27.7 Å². The summed E-state index contributed by atoms with van der Waals surface area (Å²) in [6.07, 6.45) is 0. The fraction of sp³-hybridized carbons (Fsp3) is 0.188. The van der Waals surface area contributed by atoms with Crippen molar-refractivity contribution in [2.45, 2.75) is 13.8 Å². The van der Waals surface area contributed by atoms with Gasteiger partial charge in [0.2, 0.25) is 0 Å². The topological polar surface area (TPSA) is 64.3 Å². The van der Waals surface area contributed by atoms with Gasteiger partial charge in [-0.05, 0) is 43.2 Å². The van der Waals surface area contributed by atoms with Gasteiger partial charge in [-0.2, -0.15) is 0 Å². The van der Waals surface area contributed by atoms with Gasteiger partial charge in [-0.1, -0.05) is 17.7 Å². The zero-order chi connectivity index (χ0) is 15.6. The first kappa shape index (κ1) is 15.2. The average Bonchev–Trinajstić information content (AvgIpc) is 2.42. The molecule has 5 heteroatoms. The third-order valence-electron chi connectivity index (χ3n) is 3.18. The summed E-state index contributed by atoms with van der Waals surface area (Å²) in [5.41, 5.74) is 9.17. The first-order valence-corrected chi connectivity index (χ1v) is 6.81. The smallest absolute Gasteiger partial charge is 0.257 e. The Morgan fingerprint density at radius 2 is 1.95 bits per heavy atom. The molecule has 0 fully saturated rings. The minimum absolute atomic E-state index is 0.285. The minimum atomic E-state index is -0.285. The third-order valence-corrected chi connectivity index (χ3v) is 3.59. The molecule has 0 heterocycles. The van der Waals surface area contributed by atoms with Crippen LogP contribution < -0.4 is 15.8 Å². The molecule has 1 amide bonds. The number of rotatable bonds is 3. The number of nitrogens with one attached hydrogen (secondary N) is 1. The molecule has 0 saturated carbocycles. The maximum absolute atomic E-state index is 12.3. The van der Waals surface area contributed by atoms with Crippen LogP contribution >= 0.6 is 11.6 Å². The van der Waals surface area contributed by atoms with Gasteiger partial charge in [-0.3, -0.25) is 4.79 Å². The SMILES string of the molecule is COc1cc(Cl)c(C)cc1NC(=O)c1ccc(C)cc1N. The number of halogens is 1. The van der Waals surface area contributed by atoms with E-state index in [9.17, 15) is 4.79 Å². The molecular formula is C16H17ClN2O2. The summed E-state index contributed by atoms with van der Waals surface area (Å²) in [5.74, 6) is 0.220.